The molecule has 3 nitrogen and oxygen atoms in total. The molecule has 1 aliphatic rings. The molecule has 72 valence electrons. The molecule has 0 saturated carbocycles. The van der Waals surface area contributed by atoms with Crippen molar-refractivity contribution in [2.45, 2.75) is 45.2 Å². The average molecular weight is 179 g/mol. The molecule has 0 saturated heterocycles. The van der Waals surface area contributed by atoms with Gasteiger partial charge in [0.05, 0.1) is 11.9 Å². The molecule has 3 heteroatoms. The summed E-state index contributed by atoms with van der Waals surface area (Å²) in [6, 6.07) is 0.626. The minimum atomic E-state index is 0.202. The molecule has 0 radical (unpaired) electrons. The molecule has 1 aromatic heterocycles. The molecule has 2 rings (SSSR count). The van der Waals surface area contributed by atoms with Gasteiger partial charge in [0, 0.05) is 12.1 Å². The fraction of sp³-hybridized carbons (Fsp3) is 0.700. The topological polar surface area (TPSA) is 43.8 Å². The minimum Gasteiger partial charge on any atom is -0.323 e. The first kappa shape index (κ1) is 8.75. The Bertz CT molecular complexity index is 301. The molecule has 1 aliphatic carbocycles. The lowest BCUT2D eigenvalue weighted by Gasteiger charge is -2.22. The highest BCUT2D eigenvalue weighted by atomic mass is 15.3. The van der Waals surface area contributed by atoms with E-state index in [-0.39, 0.29) is 6.04 Å². The zero-order chi connectivity index (χ0) is 9.42. The average Bonchev–Trinajstić information content (AvgIpc) is 2.49. The molecule has 0 amide bonds. The highest BCUT2D eigenvalue weighted by molar-refractivity contribution is 5.24. The van der Waals surface area contributed by atoms with Gasteiger partial charge in [0.2, 0.25) is 0 Å². The van der Waals surface area contributed by atoms with Gasteiger partial charge < -0.3 is 5.73 Å². The molecule has 0 spiro atoms. The molecule has 1 aromatic rings. The Balaban J connectivity index is 2.44. The van der Waals surface area contributed by atoms with Crippen molar-refractivity contribution in [3.05, 3.63) is 17.5 Å². The standard InChI is InChI=1S/C10H17N3/c1-7(2)13-10-8(6-12-13)4-3-5-9(10)11/h6-7,9H,3-5,11H2,1-2H3/t9-/m1/s1. The van der Waals surface area contributed by atoms with E-state index in [9.17, 15) is 0 Å². The molecular weight excluding hydrogens is 162 g/mol. The highest BCUT2D eigenvalue weighted by Crippen LogP contribution is 2.29. The van der Waals surface area contributed by atoms with Crippen molar-refractivity contribution in [3.8, 4) is 0 Å². The number of hydrogen-bond acceptors (Lipinski definition) is 2. The van der Waals surface area contributed by atoms with E-state index in [0.717, 1.165) is 12.8 Å². The Morgan fingerprint density at radius 2 is 2.38 bits per heavy atom. The molecule has 0 unspecified atom stereocenters. The molecular formula is C10H17N3. The summed E-state index contributed by atoms with van der Waals surface area (Å²) in [6.07, 6.45) is 5.44. The number of hydrogen-bond donors (Lipinski definition) is 1. The molecule has 0 bridgehead atoms. The Hall–Kier alpha value is -0.830. The zero-order valence-corrected chi connectivity index (χ0v) is 8.33. The number of rotatable bonds is 1. The van der Waals surface area contributed by atoms with Gasteiger partial charge in [-0.3, -0.25) is 4.68 Å². The highest BCUT2D eigenvalue weighted by Gasteiger charge is 2.22. The molecule has 0 fully saturated rings. The second-order valence-corrected chi connectivity index (χ2v) is 4.09. The number of aryl methyl sites for hydroxylation is 1. The van der Waals surface area contributed by atoms with Gasteiger partial charge in [0.15, 0.2) is 0 Å². The Kier molecular flexibility index (Phi) is 2.12. The van der Waals surface area contributed by atoms with E-state index >= 15 is 0 Å². The lowest BCUT2D eigenvalue weighted by atomic mass is 9.94. The van der Waals surface area contributed by atoms with Crippen LogP contribution in [-0.2, 0) is 6.42 Å². The van der Waals surface area contributed by atoms with E-state index in [4.69, 9.17) is 5.73 Å². The van der Waals surface area contributed by atoms with Crippen molar-refractivity contribution in [2.75, 3.05) is 0 Å². The molecule has 0 aliphatic heterocycles. The fourth-order valence-electron chi connectivity index (χ4n) is 2.07. The predicted octanol–water partition coefficient (Wildman–Crippen LogP) is 1.80. The van der Waals surface area contributed by atoms with Gasteiger partial charge in [0.25, 0.3) is 0 Å². The van der Waals surface area contributed by atoms with Gasteiger partial charge in [-0.05, 0) is 38.7 Å². The largest absolute Gasteiger partial charge is 0.323 e. The molecule has 0 aromatic carbocycles. The quantitative estimate of drug-likeness (QED) is 0.714. The summed E-state index contributed by atoms with van der Waals surface area (Å²) in [7, 11) is 0. The van der Waals surface area contributed by atoms with E-state index in [1.165, 1.54) is 17.7 Å². The lowest BCUT2D eigenvalue weighted by molar-refractivity contribution is 0.457. The zero-order valence-electron chi connectivity index (χ0n) is 8.33. The first-order valence-electron chi connectivity index (χ1n) is 5.02. The van der Waals surface area contributed by atoms with E-state index in [1.54, 1.807) is 0 Å². The number of aromatic nitrogens is 2. The summed E-state index contributed by atoms with van der Waals surface area (Å²) in [4.78, 5) is 0. The van der Waals surface area contributed by atoms with Crippen LogP contribution in [0.1, 0.15) is 50.0 Å². The maximum Gasteiger partial charge on any atom is 0.0586 e. The van der Waals surface area contributed by atoms with E-state index < -0.39 is 0 Å². The third kappa shape index (κ3) is 1.37. The first-order chi connectivity index (χ1) is 6.20. The minimum absolute atomic E-state index is 0.202. The summed E-state index contributed by atoms with van der Waals surface area (Å²) in [5, 5.41) is 4.38. The normalized spacial score (nSPS) is 22.0. The molecule has 1 atom stereocenters. The number of nitrogens with zero attached hydrogens (tertiary/aromatic N) is 2. The molecule has 1 heterocycles. The predicted molar refractivity (Wildman–Crippen MR) is 52.5 cm³/mol. The summed E-state index contributed by atoms with van der Waals surface area (Å²) >= 11 is 0. The van der Waals surface area contributed by atoms with Gasteiger partial charge in [-0.2, -0.15) is 5.10 Å². The van der Waals surface area contributed by atoms with E-state index in [2.05, 4.69) is 23.6 Å². The third-order valence-electron chi connectivity index (χ3n) is 2.72. The Labute approximate surface area is 78.9 Å². The van der Waals surface area contributed by atoms with Crippen molar-refractivity contribution in [2.24, 2.45) is 5.73 Å². The smallest absolute Gasteiger partial charge is 0.0586 e. The van der Waals surface area contributed by atoms with Gasteiger partial charge in [-0.1, -0.05) is 0 Å². The van der Waals surface area contributed by atoms with Crippen LogP contribution in [0.4, 0.5) is 0 Å². The van der Waals surface area contributed by atoms with Crippen LogP contribution in [0.25, 0.3) is 0 Å². The second-order valence-electron chi connectivity index (χ2n) is 4.09. The second kappa shape index (κ2) is 3.14. The molecule has 13 heavy (non-hydrogen) atoms. The van der Waals surface area contributed by atoms with Gasteiger partial charge >= 0.3 is 0 Å². The van der Waals surface area contributed by atoms with Crippen LogP contribution in [0.5, 0.6) is 0 Å². The van der Waals surface area contributed by atoms with Crippen molar-refractivity contribution in [3.63, 3.8) is 0 Å². The summed E-state index contributed by atoms with van der Waals surface area (Å²) in [5.74, 6) is 0. The van der Waals surface area contributed by atoms with Crippen molar-refractivity contribution in [1.29, 1.82) is 0 Å². The van der Waals surface area contributed by atoms with Crippen molar-refractivity contribution < 1.29 is 0 Å². The third-order valence-corrected chi connectivity index (χ3v) is 2.72. The maximum atomic E-state index is 6.07. The van der Waals surface area contributed by atoms with E-state index in [0.29, 0.717) is 6.04 Å². The Morgan fingerprint density at radius 3 is 3.08 bits per heavy atom. The monoisotopic (exact) mass is 179 g/mol. The lowest BCUT2D eigenvalue weighted by Crippen LogP contribution is -2.22. The summed E-state index contributed by atoms with van der Waals surface area (Å²) in [5.41, 5.74) is 8.69. The summed E-state index contributed by atoms with van der Waals surface area (Å²) < 4.78 is 2.07. The summed E-state index contributed by atoms with van der Waals surface area (Å²) in [6.45, 7) is 4.29. The fourth-order valence-corrected chi connectivity index (χ4v) is 2.07. The van der Waals surface area contributed by atoms with Crippen LogP contribution in [0.2, 0.25) is 0 Å². The van der Waals surface area contributed by atoms with Gasteiger partial charge in [0.1, 0.15) is 0 Å². The van der Waals surface area contributed by atoms with Crippen LogP contribution in [-0.4, -0.2) is 9.78 Å². The van der Waals surface area contributed by atoms with Crippen LogP contribution in [0.15, 0.2) is 6.20 Å². The Morgan fingerprint density at radius 1 is 1.62 bits per heavy atom. The van der Waals surface area contributed by atoms with E-state index in [1.807, 2.05) is 6.20 Å². The van der Waals surface area contributed by atoms with Gasteiger partial charge in [-0.15, -0.1) is 0 Å². The maximum absolute atomic E-state index is 6.07. The number of nitrogens with two attached hydrogens (primary N) is 1. The van der Waals surface area contributed by atoms with Crippen LogP contribution < -0.4 is 5.73 Å². The first-order valence-corrected chi connectivity index (χ1v) is 5.02. The number of fused-ring (bicyclic) bond motifs is 1. The van der Waals surface area contributed by atoms with Crippen LogP contribution in [0.3, 0.4) is 0 Å². The van der Waals surface area contributed by atoms with Crippen molar-refractivity contribution >= 4 is 0 Å². The van der Waals surface area contributed by atoms with Gasteiger partial charge in [-0.25, -0.2) is 0 Å². The SMILES string of the molecule is CC(C)n1ncc2c1[C@H](N)CCC2. The van der Waals surface area contributed by atoms with Crippen LogP contribution >= 0.6 is 0 Å². The molecule has 2 N–H and O–H groups in total. The van der Waals surface area contributed by atoms with Crippen molar-refractivity contribution in [1.82, 2.24) is 9.78 Å². The van der Waals surface area contributed by atoms with Crippen LogP contribution in [0, 0.1) is 0 Å².